The monoisotopic (exact) mass is 412 g/mol. The fourth-order valence-electron chi connectivity index (χ4n) is 3.52. The third kappa shape index (κ3) is 4.03. The van der Waals surface area contributed by atoms with E-state index in [1.807, 2.05) is 18.2 Å². The highest BCUT2D eigenvalue weighted by Crippen LogP contribution is 2.35. The molecule has 6 nitrogen and oxygen atoms in total. The standard InChI is InChI=1S/C18H21FN4O2S.ClH/c19-15-4-1-3-14(11-15)13-23-18-6-2-5-17(22-9-7-20-8-10-22)16(18)12-21-26(23,24)25;/h1-6,11,20-21H,7-10,12-13H2;1H. The number of fused-ring (bicyclic) bond motifs is 1. The molecule has 2 aromatic rings. The van der Waals surface area contributed by atoms with Crippen LogP contribution in [0, 0.1) is 5.82 Å². The van der Waals surface area contributed by atoms with Gasteiger partial charge in [-0.15, -0.1) is 12.4 Å². The summed E-state index contributed by atoms with van der Waals surface area (Å²) in [7, 11) is -3.67. The average molecular weight is 413 g/mol. The van der Waals surface area contributed by atoms with Gasteiger partial charge in [-0.05, 0) is 29.8 Å². The van der Waals surface area contributed by atoms with Gasteiger partial charge in [0.15, 0.2) is 0 Å². The highest BCUT2D eigenvalue weighted by molar-refractivity contribution is 7.90. The summed E-state index contributed by atoms with van der Waals surface area (Å²) in [6.45, 7) is 3.92. The van der Waals surface area contributed by atoms with Gasteiger partial charge in [0.2, 0.25) is 0 Å². The van der Waals surface area contributed by atoms with Crippen LogP contribution < -0.4 is 19.2 Å². The Morgan fingerprint density at radius 1 is 1.04 bits per heavy atom. The predicted molar refractivity (Wildman–Crippen MR) is 107 cm³/mol. The number of hydrogen-bond acceptors (Lipinski definition) is 4. The highest BCUT2D eigenvalue weighted by Gasteiger charge is 2.31. The molecule has 9 heteroatoms. The Balaban J connectivity index is 0.00000210. The van der Waals surface area contributed by atoms with E-state index in [4.69, 9.17) is 0 Å². The fraction of sp³-hybridized carbons (Fsp3) is 0.333. The first-order valence-corrected chi connectivity index (χ1v) is 10.1. The maximum Gasteiger partial charge on any atom is 0.302 e. The molecule has 0 amide bonds. The molecule has 146 valence electrons. The van der Waals surface area contributed by atoms with Crippen LogP contribution in [0.1, 0.15) is 11.1 Å². The van der Waals surface area contributed by atoms with Gasteiger partial charge in [-0.1, -0.05) is 18.2 Å². The largest absolute Gasteiger partial charge is 0.369 e. The van der Waals surface area contributed by atoms with Crippen LogP contribution in [0.3, 0.4) is 0 Å². The smallest absolute Gasteiger partial charge is 0.302 e. The van der Waals surface area contributed by atoms with Crippen LogP contribution in [0.4, 0.5) is 15.8 Å². The Bertz CT molecular complexity index is 919. The summed E-state index contributed by atoms with van der Waals surface area (Å²) < 4.78 is 42.7. The highest BCUT2D eigenvalue weighted by atomic mass is 35.5. The molecule has 0 spiro atoms. The Morgan fingerprint density at radius 2 is 1.74 bits per heavy atom. The van der Waals surface area contributed by atoms with Gasteiger partial charge in [0.1, 0.15) is 5.82 Å². The van der Waals surface area contributed by atoms with E-state index in [1.54, 1.807) is 12.1 Å². The first kappa shape index (κ1) is 19.9. The Hall–Kier alpha value is -1.87. The SMILES string of the molecule is Cl.O=S1(=O)NCc2c(N3CCNCC3)cccc2N1Cc1cccc(F)c1. The lowest BCUT2D eigenvalue weighted by atomic mass is 10.1. The summed E-state index contributed by atoms with van der Waals surface area (Å²) in [6.07, 6.45) is 0. The molecule has 2 aliphatic heterocycles. The predicted octanol–water partition coefficient (Wildman–Crippen LogP) is 2.01. The van der Waals surface area contributed by atoms with Crippen molar-refractivity contribution in [3.05, 3.63) is 59.4 Å². The molecule has 0 radical (unpaired) electrons. The summed E-state index contributed by atoms with van der Waals surface area (Å²) in [5, 5.41) is 3.33. The molecule has 0 aliphatic carbocycles. The van der Waals surface area contributed by atoms with Crippen LogP contribution in [0.15, 0.2) is 42.5 Å². The number of nitrogens with zero attached hydrogens (tertiary/aromatic N) is 2. The van der Waals surface area contributed by atoms with Crippen molar-refractivity contribution in [2.45, 2.75) is 13.1 Å². The summed E-state index contributed by atoms with van der Waals surface area (Å²) in [6, 6.07) is 11.8. The number of anilines is 2. The van der Waals surface area contributed by atoms with Gasteiger partial charge in [0, 0.05) is 44.0 Å². The number of benzene rings is 2. The Morgan fingerprint density at radius 3 is 2.48 bits per heavy atom. The van der Waals surface area contributed by atoms with Crippen molar-refractivity contribution in [1.82, 2.24) is 10.0 Å². The number of halogens is 2. The summed E-state index contributed by atoms with van der Waals surface area (Å²) in [5.41, 5.74) is 3.27. The molecule has 0 unspecified atom stereocenters. The average Bonchev–Trinajstić information content (AvgIpc) is 2.64. The van der Waals surface area contributed by atoms with Crippen molar-refractivity contribution in [2.75, 3.05) is 35.4 Å². The van der Waals surface area contributed by atoms with Gasteiger partial charge >= 0.3 is 10.2 Å². The zero-order chi connectivity index (χ0) is 18.1. The van der Waals surface area contributed by atoms with Crippen LogP contribution in [0.5, 0.6) is 0 Å². The summed E-state index contributed by atoms with van der Waals surface area (Å²) in [5.74, 6) is -0.375. The molecule has 1 fully saturated rings. The third-order valence-electron chi connectivity index (χ3n) is 4.79. The van der Waals surface area contributed by atoms with Gasteiger partial charge in [0.25, 0.3) is 0 Å². The lowest BCUT2D eigenvalue weighted by Gasteiger charge is -2.36. The van der Waals surface area contributed by atoms with Gasteiger partial charge in [-0.3, -0.25) is 4.31 Å². The van der Waals surface area contributed by atoms with E-state index < -0.39 is 10.2 Å². The minimum Gasteiger partial charge on any atom is -0.369 e. The molecule has 0 saturated carbocycles. The first-order chi connectivity index (χ1) is 12.5. The molecule has 0 aromatic heterocycles. The van der Waals surface area contributed by atoms with Crippen LogP contribution >= 0.6 is 12.4 Å². The van der Waals surface area contributed by atoms with Crippen molar-refractivity contribution in [3.63, 3.8) is 0 Å². The molecule has 2 aliphatic rings. The van der Waals surface area contributed by atoms with Crippen molar-refractivity contribution in [2.24, 2.45) is 0 Å². The number of rotatable bonds is 3. The van der Waals surface area contributed by atoms with Gasteiger partial charge in [-0.2, -0.15) is 13.1 Å². The number of hydrogen-bond donors (Lipinski definition) is 2. The van der Waals surface area contributed by atoms with Crippen molar-refractivity contribution in [1.29, 1.82) is 0 Å². The van der Waals surface area contributed by atoms with E-state index in [-0.39, 0.29) is 31.3 Å². The lowest BCUT2D eigenvalue weighted by molar-refractivity contribution is 0.567. The minimum atomic E-state index is -3.67. The van der Waals surface area contributed by atoms with Crippen molar-refractivity contribution < 1.29 is 12.8 Å². The maximum absolute atomic E-state index is 13.5. The number of nitrogens with one attached hydrogen (secondary N) is 2. The molecule has 1 saturated heterocycles. The van der Waals surface area contributed by atoms with E-state index in [1.165, 1.54) is 16.4 Å². The summed E-state index contributed by atoms with van der Waals surface area (Å²) >= 11 is 0. The van der Waals surface area contributed by atoms with E-state index in [0.717, 1.165) is 37.4 Å². The minimum absolute atomic E-state index is 0. The van der Waals surface area contributed by atoms with E-state index in [0.29, 0.717) is 11.3 Å². The van der Waals surface area contributed by atoms with E-state index >= 15 is 0 Å². The lowest BCUT2D eigenvalue weighted by Crippen LogP contribution is -2.47. The van der Waals surface area contributed by atoms with Gasteiger partial charge in [-0.25, -0.2) is 4.39 Å². The molecule has 2 N–H and O–H groups in total. The second kappa shape index (κ2) is 8.02. The molecule has 2 aromatic carbocycles. The van der Waals surface area contributed by atoms with E-state index in [9.17, 15) is 12.8 Å². The Labute approximate surface area is 165 Å². The van der Waals surface area contributed by atoms with Crippen LogP contribution in [0.25, 0.3) is 0 Å². The fourth-order valence-corrected chi connectivity index (χ4v) is 4.75. The molecular weight excluding hydrogens is 391 g/mol. The maximum atomic E-state index is 13.5. The normalized spacial score (nSPS) is 18.6. The quantitative estimate of drug-likeness (QED) is 0.809. The van der Waals surface area contributed by atoms with Gasteiger partial charge in [0.05, 0.1) is 12.2 Å². The number of piperazine rings is 1. The van der Waals surface area contributed by atoms with E-state index in [2.05, 4.69) is 14.9 Å². The zero-order valence-corrected chi connectivity index (χ0v) is 16.3. The van der Waals surface area contributed by atoms with Crippen LogP contribution in [-0.4, -0.2) is 34.6 Å². The van der Waals surface area contributed by atoms with Crippen molar-refractivity contribution >= 4 is 34.0 Å². The second-order valence-corrected chi connectivity index (χ2v) is 8.15. The molecule has 0 bridgehead atoms. The molecule has 0 atom stereocenters. The Kier molecular flexibility index (Phi) is 5.90. The summed E-state index contributed by atoms with van der Waals surface area (Å²) in [4.78, 5) is 2.27. The molecular formula is C18H22ClFN4O2S. The molecule has 2 heterocycles. The second-order valence-electron chi connectivity index (χ2n) is 6.47. The topological polar surface area (TPSA) is 64.7 Å². The van der Waals surface area contributed by atoms with Crippen LogP contribution in [-0.2, 0) is 23.3 Å². The molecule has 27 heavy (non-hydrogen) atoms. The third-order valence-corrected chi connectivity index (χ3v) is 6.20. The first-order valence-electron chi connectivity index (χ1n) is 8.64. The van der Waals surface area contributed by atoms with Gasteiger partial charge < -0.3 is 10.2 Å². The zero-order valence-electron chi connectivity index (χ0n) is 14.7. The van der Waals surface area contributed by atoms with Crippen molar-refractivity contribution in [3.8, 4) is 0 Å². The molecule has 4 rings (SSSR count). The van der Waals surface area contributed by atoms with Crippen LogP contribution in [0.2, 0.25) is 0 Å².